The number of hydrogen-bond donors (Lipinski definition) is 1. The summed E-state index contributed by atoms with van der Waals surface area (Å²) in [7, 11) is 0. The molecule has 1 saturated carbocycles. The van der Waals surface area contributed by atoms with Crippen molar-refractivity contribution in [3.63, 3.8) is 0 Å². The molecule has 1 N–H and O–H groups in total. The average Bonchev–Trinajstić information content (AvgIpc) is 3.08. The lowest BCUT2D eigenvalue weighted by Crippen LogP contribution is -2.45. The molecule has 1 aliphatic heterocycles. The normalized spacial score (nSPS) is 23.2. The number of nitrogens with zero attached hydrogens (tertiary/aromatic N) is 1. The number of furan rings is 1. The molecule has 102 valence electrons. The van der Waals surface area contributed by atoms with Crippen LogP contribution in [0.2, 0.25) is 0 Å². The number of rotatable bonds is 3. The second-order valence-electron chi connectivity index (χ2n) is 5.39. The highest BCUT2D eigenvalue weighted by Crippen LogP contribution is 2.23. The molecule has 5 nitrogen and oxygen atoms in total. The third-order valence-corrected chi connectivity index (χ3v) is 3.77. The predicted octanol–water partition coefficient (Wildman–Crippen LogP) is 1.41. The third kappa shape index (κ3) is 2.80. The first-order chi connectivity index (χ1) is 9.24. The van der Waals surface area contributed by atoms with Gasteiger partial charge in [-0.15, -0.1) is 0 Å². The summed E-state index contributed by atoms with van der Waals surface area (Å²) < 4.78 is 4.93. The smallest absolute Gasteiger partial charge is 0.257 e. The Morgan fingerprint density at radius 2 is 2.16 bits per heavy atom. The summed E-state index contributed by atoms with van der Waals surface area (Å²) in [5.41, 5.74) is 0.559. The third-order valence-electron chi connectivity index (χ3n) is 3.77. The van der Waals surface area contributed by atoms with Crippen molar-refractivity contribution >= 4 is 11.8 Å². The van der Waals surface area contributed by atoms with Gasteiger partial charge in [-0.1, -0.05) is 0 Å². The van der Waals surface area contributed by atoms with Crippen LogP contribution in [-0.4, -0.2) is 35.8 Å². The van der Waals surface area contributed by atoms with Crippen LogP contribution in [0.15, 0.2) is 23.0 Å². The second kappa shape index (κ2) is 5.07. The van der Waals surface area contributed by atoms with E-state index >= 15 is 0 Å². The first-order valence-electron chi connectivity index (χ1n) is 6.86. The second-order valence-corrected chi connectivity index (χ2v) is 5.39. The van der Waals surface area contributed by atoms with Gasteiger partial charge in [0.1, 0.15) is 6.26 Å². The number of carbonyl (C=O) groups excluding carboxylic acids is 2. The van der Waals surface area contributed by atoms with E-state index in [0.29, 0.717) is 18.2 Å². The summed E-state index contributed by atoms with van der Waals surface area (Å²) in [5.74, 6) is -0.00457. The van der Waals surface area contributed by atoms with Crippen LogP contribution in [0.5, 0.6) is 0 Å². The molecule has 1 aromatic rings. The van der Waals surface area contributed by atoms with Crippen molar-refractivity contribution in [2.45, 2.75) is 31.7 Å². The predicted molar refractivity (Wildman–Crippen MR) is 68.5 cm³/mol. The molecule has 0 spiro atoms. The number of amides is 2. The van der Waals surface area contributed by atoms with Crippen LogP contribution in [0, 0.1) is 5.92 Å². The molecular weight excluding hydrogens is 244 g/mol. The minimum atomic E-state index is -0.0646. The van der Waals surface area contributed by atoms with E-state index in [-0.39, 0.29) is 17.7 Å². The quantitative estimate of drug-likeness (QED) is 0.896. The van der Waals surface area contributed by atoms with E-state index in [2.05, 4.69) is 5.32 Å². The van der Waals surface area contributed by atoms with Gasteiger partial charge in [-0.2, -0.15) is 0 Å². The fourth-order valence-corrected chi connectivity index (χ4v) is 2.49. The Morgan fingerprint density at radius 3 is 2.84 bits per heavy atom. The number of nitrogens with one attached hydrogen (secondary N) is 1. The Bertz CT molecular complexity index is 465. The number of carbonyl (C=O) groups is 2. The first kappa shape index (κ1) is 12.3. The monoisotopic (exact) mass is 262 g/mol. The molecule has 1 saturated heterocycles. The first-order valence-corrected chi connectivity index (χ1v) is 6.86. The van der Waals surface area contributed by atoms with Gasteiger partial charge < -0.3 is 14.6 Å². The van der Waals surface area contributed by atoms with E-state index in [1.54, 1.807) is 11.0 Å². The van der Waals surface area contributed by atoms with Crippen molar-refractivity contribution in [3.8, 4) is 0 Å². The maximum Gasteiger partial charge on any atom is 0.257 e. The van der Waals surface area contributed by atoms with Gasteiger partial charge in [0.15, 0.2) is 0 Å². The van der Waals surface area contributed by atoms with Gasteiger partial charge in [0.2, 0.25) is 5.91 Å². The standard InChI is InChI=1S/C14H18N2O3/c17-13(15-12-3-4-12)10-2-1-6-16(8-10)14(18)11-5-7-19-9-11/h5,7,9-10,12H,1-4,6,8H2,(H,15,17)/t10-/m1/s1. The molecule has 3 rings (SSSR count). The van der Waals surface area contributed by atoms with Gasteiger partial charge >= 0.3 is 0 Å². The van der Waals surface area contributed by atoms with Gasteiger partial charge in [0.05, 0.1) is 17.7 Å². The maximum atomic E-state index is 12.2. The fourth-order valence-electron chi connectivity index (χ4n) is 2.49. The maximum absolute atomic E-state index is 12.2. The molecule has 1 atom stereocenters. The molecule has 2 aliphatic rings. The molecule has 1 aromatic heterocycles. The molecule has 5 heteroatoms. The number of piperidine rings is 1. The van der Waals surface area contributed by atoms with Crippen molar-refractivity contribution < 1.29 is 14.0 Å². The summed E-state index contributed by atoms with van der Waals surface area (Å²) in [6, 6.07) is 2.04. The minimum Gasteiger partial charge on any atom is -0.472 e. The van der Waals surface area contributed by atoms with E-state index in [0.717, 1.165) is 32.2 Å². The lowest BCUT2D eigenvalue weighted by molar-refractivity contribution is -0.126. The summed E-state index contributed by atoms with van der Waals surface area (Å²) in [4.78, 5) is 26.0. The zero-order chi connectivity index (χ0) is 13.2. The Kier molecular flexibility index (Phi) is 3.27. The highest BCUT2D eigenvalue weighted by atomic mass is 16.3. The van der Waals surface area contributed by atoms with E-state index in [1.165, 1.54) is 12.5 Å². The zero-order valence-corrected chi connectivity index (χ0v) is 10.8. The van der Waals surface area contributed by atoms with E-state index < -0.39 is 0 Å². The van der Waals surface area contributed by atoms with Crippen molar-refractivity contribution in [2.75, 3.05) is 13.1 Å². The molecule has 0 radical (unpaired) electrons. The average molecular weight is 262 g/mol. The zero-order valence-electron chi connectivity index (χ0n) is 10.8. The van der Waals surface area contributed by atoms with Crippen molar-refractivity contribution in [1.29, 1.82) is 0 Å². The lowest BCUT2D eigenvalue weighted by atomic mass is 9.96. The molecule has 0 bridgehead atoms. The molecule has 19 heavy (non-hydrogen) atoms. The molecule has 1 aliphatic carbocycles. The molecule has 0 unspecified atom stereocenters. The van der Waals surface area contributed by atoms with Crippen molar-refractivity contribution in [1.82, 2.24) is 10.2 Å². The van der Waals surface area contributed by atoms with Crippen LogP contribution >= 0.6 is 0 Å². The SMILES string of the molecule is O=C(NC1CC1)[C@@H]1CCCN(C(=O)c2ccoc2)C1. The Hall–Kier alpha value is -1.78. The molecule has 0 aromatic carbocycles. The summed E-state index contributed by atoms with van der Waals surface area (Å²) in [6.07, 6.45) is 6.89. The van der Waals surface area contributed by atoms with Gasteiger partial charge in [0, 0.05) is 19.1 Å². The van der Waals surface area contributed by atoms with Crippen molar-refractivity contribution in [2.24, 2.45) is 5.92 Å². The topological polar surface area (TPSA) is 62.6 Å². The summed E-state index contributed by atoms with van der Waals surface area (Å²) >= 11 is 0. The number of likely N-dealkylation sites (tertiary alicyclic amines) is 1. The summed E-state index contributed by atoms with van der Waals surface area (Å²) in [6.45, 7) is 1.24. The lowest BCUT2D eigenvalue weighted by Gasteiger charge is -2.31. The largest absolute Gasteiger partial charge is 0.472 e. The van der Waals surface area contributed by atoms with Gasteiger partial charge in [-0.25, -0.2) is 0 Å². The van der Waals surface area contributed by atoms with E-state index in [9.17, 15) is 9.59 Å². The van der Waals surface area contributed by atoms with Crippen LogP contribution < -0.4 is 5.32 Å². The Morgan fingerprint density at radius 1 is 1.32 bits per heavy atom. The Labute approximate surface area is 111 Å². The minimum absolute atomic E-state index is 0.0438. The van der Waals surface area contributed by atoms with Crippen LogP contribution in [-0.2, 0) is 4.79 Å². The van der Waals surface area contributed by atoms with Crippen LogP contribution in [0.4, 0.5) is 0 Å². The van der Waals surface area contributed by atoms with Gasteiger partial charge in [-0.3, -0.25) is 9.59 Å². The molecular formula is C14H18N2O3. The highest BCUT2D eigenvalue weighted by molar-refractivity contribution is 5.94. The molecule has 2 heterocycles. The van der Waals surface area contributed by atoms with Gasteiger partial charge in [0.25, 0.3) is 5.91 Å². The molecule has 2 fully saturated rings. The summed E-state index contributed by atoms with van der Waals surface area (Å²) in [5, 5.41) is 3.02. The van der Waals surface area contributed by atoms with Gasteiger partial charge in [-0.05, 0) is 31.7 Å². The fraction of sp³-hybridized carbons (Fsp3) is 0.571. The van der Waals surface area contributed by atoms with Crippen LogP contribution in [0.1, 0.15) is 36.0 Å². The Balaban J connectivity index is 1.60. The van der Waals surface area contributed by atoms with Crippen LogP contribution in [0.3, 0.4) is 0 Å². The van der Waals surface area contributed by atoms with E-state index in [1.807, 2.05) is 0 Å². The van der Waals surface area contributed by atoms with Crippen molar-refractivity contribution in [3.05, 3.63) is 24.2 Å². The van der Waals surface area contributed by atoms with E-state index in [4.69, 9.17) is 4.42 Å². The highest BCUT2D eigenvalue weighted by Gasteiger charge is 2.32. The van der Waals surface area contributed by atoms with Crippen LogP contribution in [0.25, 0.3) is 0 Å². The molecule has 2 amide bonds. The number of hydrogen-bond acceptors (Lipinski definition) is 3.